The van der Waals surface area contributed by atoms with Gasteiger partial charge in [-0.05, 0) is 18.2 Å². The first-order valence-corrected chi connectivity index (χ1v) is 5.66. The van der Waals surface area contributed by atoms with Gasteiger partial charge in [-0.3, -0.25) is 0 Å². The Balaban J connectivity index is 2.56. The lowest BCUT2D eigenvalue weighted by molar-refractivity contribution is -0.137. The standard InChI is InChI=1S/C11H7F4NOS/c12-6-1-2-8(9(3-6)11(13,14)15)10-16-4-7(5-17)18-10/h1-4,17H,5H2. The summed E-state index contributed by atoms with van der Waals surface area (Å²) in [5.74, 6) is -0.954. The van der Waals surface area contributed by atoms with E-state index in [9.17, 15) is 17.6 Å². The van der Waals surface area contributed by atoms with Crippen molar-refractivity contribution < 1.29 is 22.7 Å². The summed E-state index contributed by atoms with van der Waals surface area (Å²) in [4.78, 5) is 4.24. The molecular formula is C11H7F4NOS. The molecule has 0 unspecified atom stereocenters. The number of hydrogen-bond acceptors (Lipinski definition) is 3. The second-order valence-corrected chi connectivity index (χ2v) is 4.59. The normalized spacial score (nSPS) is 11.8. The van der Waals surface area contributed by atoms with E-state index in [1.165, 1.54) is 6.20 Å². The summed E-state index contributed by atoms with van der Waals surface area (Å²) in [7, 11) is 0. The molecule has 0 aliphatic carbocycles. The maximum atomic E-state index is 12.9. The number of alkyl halides is 3. The number of halogens is 4. The quantitative estimate of drug-likeness (QED) is 0.853. The summed E-state index contributed by atoms with van der Waals surface area (Å²) in [6, 6.07) is 2.43. The molecule has 0 saturated carbocycles. The van der Waals surface area contributed by atoms with E-state index in [4.69, 9.17) is 5.11 Å². The first-order chi connectivity index (χ1) is 8.41. The van der Waals surface area contributed by atoms with Gasteiger partial charge in [0.05, 0.1) is 17.0 Å². The first-order valence-electron chi connectivity index (χ1n) is 4.84. The van der Waals surface area contributed by atoms with Crippen molar-refractivity contribution in [2.45, 2.75) is 12.8 Å². The van der Waals surface area contributed by atoms with Crippen LogP contribution in [0.2, 0.25) is 0 Å². The van der Waals surface area contributed by atoms with Crippen LogP contribution in [0.1, 0.15) is 10.4 Å². The zero-order valence-corrected chi connectivity index (χ0v) is 9.65. The van der Waals surface area contributed by atoms with Crippen molar-refractivity contribution in [1.82, 2.24) is 4.98 Å². The fraction of sp³-hybridized carbons (Fsp3) is 0.182. The Morgan fingerprint density at radius 3 is 2.56 bits per heavy atom. The van der Waals surface area contributed by atoms with Crippen LogP contribution in [0.4, 0.5) is 17.6 Å². The van der Waals surface area contributed by atoms with Crippen molar-refractivity contribution in [2.75, 3.05) is 0 Å². The number of nitrogens with zero attached hydrogens (tertiary/aromatic N) is 1. The molecule has 0 aliphatic rings. The fourth-order valence-electron chi connectivity index (χ4n) is 1.44. The smallest absolute Gasteiger partial charge is 0.391 e. The monoisotopic (exact) mass is 277 g/mol. The van der Waals surface area contributed by atoms with E-state index in [2.05, 4.69) is 4.98 Å². The molecule has 1 heterocycles. The molecule has 2 aromatic rings. The van der Waals surface area contributed by atoms with E-state index in [0.717, 1.165) is 23.5 Å². The van der Waals surface area contributed by atoms with Crippen LogP contribution in [0.25, 0.3) is 10.6 Å². The Morgan fingerprint density at radius 2 is 2.00 bits per heavy atom. The molecule has 1 aromatic carbocycles. The summed E-state index contributed by atoms with van der Waals surface area (Å²) in [6.45, 7) is -0.291. The minimum absolute atomic E-state index is 0.103. The third-order valence-electron chi connectivity index (χ3n) is 2.23. The molecule has 1 N–H and O–H groups in total. The maximum absolute atomic E-state index is 12.9. The van der Waals surface area contributed by atoms with Crippen LogP contribution in [-0.2, 0) is 12.8 Å². The summed E-state index contributed by atoms with van der Waals surface area (Å²) in [5.41, 5.74) is -1.25. The average Bonchev–Trinajstić information content (AvgIpc) is 2.76. The van der Waals surface area contributed by atoms with Crippen LogP contribution in [0.5, 0.6) is 0 Å². The van der Waals surface area contributed by atoms with Crippen molar-refractivity contribution in [3.63, 3.8) is 0 Å². The molecule has 0 radical (unpaired) electrons. The topological polar surface area (TPSA) is 33.1 Å². The van der Waals surface area contributed by atoms with Gasteiger partial charge in [-0.1, -0.05) is 0 Å². The largest absolute Gasteiger partial charge is 0.417 e. The van der Waals surface area contributed by atoms with E-state index < -0.39 is 17.6 Å². The zero-order valence-electron chi connectivity index (χ0n) is 8.83. The van der Waals surface area contributed by atoms with Gasteiger partial charge in [0.1, 0.15) is 10.8 Å². The second-order valence-electron chi connectivity index (χ2n) is 3.48. The lowest BCUT2D eigenvalue weighted by Gasteiger charge is -2.10. The highest BCUT2D eigenvalue weighted by atomic mass is 32.1. The van der Waals surface area contributed by atoms with Crippen molar-refractivity contribution in [3.8, 4) is 10.6 Å². The van der Waals surface area contributed by atoms with Crippen LogP contribution in [0, 0.1) is 5.82 Å². The number of aromatic nitrogens is 1. The summed E-state index contributed by atoms with van der Waals surface area (Å²) < 4.78 is 51.2. The minimum Gasteiger partial charge on any atom is -0.391 e. The molecular weight excluding hydrogens is 270 g/mol. The third-order valence-corrected chi connectivity index (χ3v) is 3.24. The highest BCUT2D eigenvalue weighted by Gasteiger charge is 2.34. The molecule has 0 atom stereocenters. The number of benzene rings is 1. The van der Waals surface area contributed by atoms with Crippen LogP contribution in [0.15, 0.2) is 24.4 Å². The molecule has 0 spiro atoms. The highest BCUT2D eigenvalue weighted by molar-refractivity contribution is 7.15. The maximum Gasteiger partial charge on any atom is 0.417 e. The van der Waals surface area contributed by atoms with Gasteiger partial charge in [0.2, 0.25) is 0 Å². The van der Waals surface area contributed by atoms with Gasteiger partial charge in [0, 0.05) is 11.8 Å². The first kappa shape index (κ1) is 13.0. The van der Waals surface area contributed by atoms with Crippen LogP contribution >= 0.6 is 11.3 Å². The molecule has 2 rings (SSSR count). The van der Waals surface area contributed by atoms with E-state index in [1.54, 1.807) is 0 Å². The second kappa shape index (κ2) is 4.66. The lowest BCUT2D eigenvalue weighted by atomic mass is 10.1. The van der Waals surface area contributed by atoms with Gasteiger partial charge in [0.15, 0.2) is 0 Å². The van der Waals surface area contributed by atoms with Gasteiger partial charge in [0.25, 0.3) is 0 Å². The zero-order chi connectivity index (χ0) is 13.3. The molecule has 0 saturated heterocycles. The minimum atomic E-state index is -4.65. The predicted octanol–water partition coefficient (Wildman–Crippen LogP) is 3.46. The molecule has 0 aliphatic heterocycles. The highest BCUT2D eigenvalue weighted by Crippen LogP contribution is 2.38. The number of rotatable bonds is 2. The van der Waals surface area contributed by atoms with E-state index in [1.807, 2.05) is 0 Å². The Bertz CT molecular complexity index is 564. The van der Waals surface area contributed by atoms with Crippen molar-refractivity contribution in [2.24, 2.45) is 0 Å². The molecule has 0 fully saturated rings. The Kier molecular flexibility index (Phi) is 3.36. The van der Waals surface area contributed by atoms with E-state index in [-0.39, 0.29) is 17.2 Å². The number of thiazole rings is 1. The Hall–Kier alpha value is -1.47. The third kappa shape index (κ3) is 2.51. The number of aliphatic hydroxyl groups excluding tert-OH is 1. The van der Waals surface area contributed by atoms with Crippen LogP contribution in [0.3, 0.4) is 0 Å². The van der Waals surface area contributed by atoms with Crippen molar-refractivity contribution in [1.29, 1.82) is 0 Å². The Labute approximate surface area is 104 Å². The van der Waals surface area contributed by atoms with Crippen LogP contribution < -0.4 is 0 Å². The number of aliphatic hydroxyl groups is 1. The van der Waals surface area contributed by atoms with Gasteiger partial charge in [-0.2, -0.15) is 13.2 Å². The van der Waals surface area contributed by atoms with Gasteiger partial charge in [-0.15, -0.1) is 11.3 Å². The molecule has 0 amide bonds. The molecule has 2 nitrogen and oxygen atoms in total. The average molecular weight is 277 g/mol. The van der Waals surface area contributed by atoms with Crippen LogP contribution in [-0.4, -0.2) is 10.1 Å². The van der Waals surface area contributed by atoms with Gasteiger partial charge < -0.3 is 5.11 Å². The molecule has 96 valence electrons. The molecule has 7 heteroatoms. The molecule has 18 heavy (non-hydrogen) atoms. The lowest BCUT2D eigenvalue weighted by Crippen LogP contribution is -2.07. The van der Waals surface area contributed by atoms with Crippen molar-refractivity contribution in [3.05, 3.63) is 40.7 Å². The fourth-order valence-corrected chi connectivity index (χ4v) is 2.25. The van der Waals surface area contributed by atoms with E-state index >= 15 is 0 Å². The summed E-state index contributed by atoms with van der Waals surface area (Å²) in [6.07, 6.45) is -3.36. The molecule has 0 bridgehead atoms. The Morgan fingerprint density at radius 1 is 1.28 bits per heavy atom. The predicted molar refractivity (Wildman–Crippen MR) is 58.4 cm³/mol. The summed E-state index contributed by atoms with van der Waals surface area (Å²) in [5, 5.41) is 8.96. The molecule has 1 aromatic heterocycles. The SMILES string of the molecule is OCc1cnc(-c2ccc(F)cc2C(F)(F)F)s1. The van der Waals surface area contributed by atoms with E-state index in [0.29, 0.717) is 10.9 Å². The van der Waals surface area contributed by atoms with Crippen molar-refractivity contribution >= 4 is 11.3 Å². The summed E-state index contributed by atoms with van der Waals surface area (Å²) >= 11 is 0.939. The van der Waals surface area contributed by atoms with Gasteiger partial charge >= 0.3 is 6.18 Å². The van der Waals surface area contributed by atoms with Gasteiger partial charge in [-0.25, -0.2) is 9.37 Å². The number of hydrogen-bond donors (Lipinski definition) is 1.